The summed E-state index contributed by atoms with van der Waals surface area (Å²) in [5.41, 5.74) is 4.25. The Hall–Kier alpha value is -1.46. The van der Waals surface area contributed by atoms with Crippen LogP contribution in [0.1, 0.15) is 49.7 Å². The number of nitrogens with one attached hydrogen (secondary N) is 1. The molecule has 1 unspecified atom stereocenters. The van der Waals surface area contributed by atoms with E-state index in [0.29, 0.717) is 0 Å². The van der Waals surface area contributed by atoms with Crippen molar-refractivity contribution in [1.29, 1.82) is 0 Å². The number of aromatic nitrogens is 3. The molecule has 0 radical (unpaired) electrons. The van der Waals surface area contributed by atoms with Crippen molar-refractivity contribution in [3.8, 4) is 0 Å². The quantitative estimate of drug-likeness (QED) is 0.760. The summed E-state index contributed by atoms with van der Waals surface area (Å²) in [5.74, 6) is 0. The Balaban J connectivity index is 1.93. The van der Waals surface area contributed by atoms with Crippen LogP contribution >= 0.6 is 0 Å². The van der Waals surface area contributed by atoms with Crippen LogP contribution in [-0.2, 0) is 4.74 Å². The summed E-state index contributed by atoms with van der Waals surface area (Å²) >= 11 is 0. The molecule has 1 atom stereocenters. The molecule has 0 spiro atoms. The van der Waals surface area contributed by atoms with Crippen molar-refractivity contribution < 1.29 is 4.74 Å². The Morgan fingerprint density at radius 2 is 2.14 bits per heavy atom. The van der Waals surface area contributed by atoms with Crippen LogP contribution in [0.2, 0.25) is 0 Å². The van der Waals surface area contributed by atoms with Crippen LogP contribution in [0, 0.1) is 13.8 Å². The molecule has 2 rings (SSSR count). The molecular formula is C16H26N4O. The average molecular weight is 290 g/mol. The second-order valence-electron chi connectivity index (χ2n) is 5.50. The highest BCUT2D eigenvalue weighted by atomic mass is 16.5. The summed E-state index contributed by atoms with van der Waals surface area (Å²) in [6.45, 7) is 11.0. The predicted octanol–water partition coefficient (Wildman–Crippen LogP) is 2.81. The van der Waals surface area contributed by atoms with Gasteiger partial charge in [-0.15, -0.1) is 0 Å². The molecule has 0 saturated carbocycles. The lowest BCUT2D eigenvalue weighted by Crippen LogP contribution is -2.22. The normalized spacial score (nSPS) is 13.0. The maximum atomic E-state index is 5.49. The van der Waals surface area contributed by atoms with E-state index in [4.69, 9.17) is 4.74 Å². The Labute approximate surface area is 126 Å². The van der Waals surface area contributed by atoms with Gasteiger partial charge in [-0.1, -0.05) is 6.92 Å². The summed E-state index contributed by atoms with van der Waals surface area (Å²) in [6, 6.07) is 2.26. The summed E-state index contributed by atoms with van der Waals surface area (Å²) < 4.78 is 7.41. The number of nitrogens with zero attached hydrogens (tertiary/aromatic N) is 3. The molecule has 2 heterocycles. The number of hydrogen-bond donors (Lipinski definition) is 1. The van der Waals surface area contributed by atoms with Crippen LogP contribution in [0.4, 0.5) is 0 Å². The van der Waals surface area contributed by atoms with E-state index in [1.54, 1.807) is 0 Å². The molecule has 0 aromatic carbocycles. The number of ether oxygens (including phenoxy) is 1. The minimum atomic E-state index is 0.262. The van der Waals surface area contributed by atoms with Gasteiger partial charge in [0.05, 0.1) is 5.69 Å². The topological polar surface area (TPSA) is 51.5 Å². The van der Waals surface area contributed by atoms with Crippen molar-refractivity contribution in [2.24, 2.45) is 0 Å². The van der Waals surface area contributed by atoms with Gasteiger partial charge < -0.3 is 10.1 Å². The molecule has 21 heavy (non-hydrogen) atoms. The van der Waals surface area contributed by atoms with Gasteiger partial charge in [0, 0.05) is 42.8 Å². The van der Waals surface area contributed by atoms with Crippen LogP contribution in [0.15, 0.2) is 12.3 Å². The molecule has 0 aliphatic rings. The predicted molar refractivity (Wildman–Crippen MR) is 84.6 cm³/mol. The molecule has 0 amide bonds. The molecule has 2 aromatic heterocycles. The fraction of sp³-hybridized carbons (Fsp3) is 0.625. The van der Waals surface area contributed by atoms with E-state index >= 15 is 0 Å². The van der Waals surface area contributed by atoms with Crippen molar-refractivity contribution in [2.45, 2.75) is 46.6 Å². The minimum absolute atomic E-state index is 0.262. The summed E-state index contributed by atoms with van der Waals surface area (Å²) in [6.07, 6.45) is 4.06. The molecule has 0 bridgehead atoms. The molecule has 0 saturated heterocycles. The van der Waals surface area contributed by atoms with Crippen molar-refractivity contribution in [3.63, 3.8) is 0 Å². The van der Waals surface area contributed by atoms with E-state index in [2.05, 4.69) is 36.2 Å². The van der Waals surface area contributed by atoms with E-state index in [1.807, 2.05) is 23.7 Å². The number of fused-ring (bicyclic) bond motifs is 1. The fourth-order valence-corrected chi connectivity index (χ4v) is 2.45. The highest BCUT2D eigenvalue weighted by Crippen LogP contribution is 2.17. The van der Waals surface area contributed by atoms with Crippen molar-refractivity contribution in [1.82, 2.24) is 19.9 Å². The summed E-state index contributed by atoms with van der Waals surface area (Å²) in [7, 11) is 0. The Bertz CT molecular complexity index is 579. The lowest BCUT2D eigenvalue weighted by molar-refractivity contribution is 0.132. The zero-order valence-electron chi connectivity index (χ0n) is 13.5. The molecule has 0 aliphatic carbocycles. The largest absolute Gasteiger partial charge is 0.381 e. The highest BCUT2D eigenvalue weighted by Gasteiger charge is 2.12. The summed E-state index contributed by atoms with van der Waals surface area (Å²) in [5, 5.41) is 8.02. The minimum Gasteiger partial charge on any atom is -0.381 e. The van der Waals surface area contributed by atoms with Gasteiger partial charge in [0.2, 0.25) is 0 Å². The number of hydrogen-bond acceptors (Lipinski definition) is 4. The first kappa shape index (κ1) is 15.9. The van der Waals surface area contributed by atoms with Crippen LogP contribution in [0.25, 0.3) is 5.65 Å². The van der Waals surface area contributed by atoms with Gasteiger partial charge in [-0.2, -0.15) is 5.10 Å². The smallest absolute Gasteiger partial charge is 0.155 e. The molecule has 0 fully saturated rings. The van der Waals surface area contributed by atoms with E-state index in [-0.39, 0.29) is 6.04 Å². The second-order valence-corrected chi connectivity index (χ2v) is 5.50. The molecule has 5 nitrogen and oxygen atoms in total. The highest BCUT2D eigenvalue weighted by molar-refractivity contribution is 5.42. The third-order valence-corrected chi connectivity index (χ3v) is 3.62. The molecule has 0 aliphatic heterocycles. The van der Waals surface area contributed by atoms with Gasteiger partial charge in [0.15, 0.2) is 5.65 Å². The lowest BCUT2D eigenvalue weighted by atomic mass is 10.1. The van der Waals surface area contributed by atoms with Gasteiger partial charge in [-0.25, -0.2) is 9.50 Å². The van der Waals surface area contributed by atoms with E-state index in [1.165, 1.54) is 5.56 Å². The molecule has 5 heteroatoms. The van der Waals surface area contributed by atoms with E-state index in [9.17, 15) is 0 Å². The average Bonchev–Trinajstić information content (AvgIpc) is 2.84. The van der Waals surface area contributed by atoms with Crippen molar-refractivity contribution >= 4 is 5.65 Å². The third-order valence-electron chi connectivity index (χ3n) is 3.62. The van der Waals surface area contributed by atoms with E-state index < -0.39 is 0 Å². The van der Waals surface area contributed by atoms with Crippen LogP contribution < -0.4 is 5.32 Å². The molecule has 1 N–H and O–H groups in total. The van der Waals surface area contributed by atoms with Gasteiger partial charge in [0.1, 0.15) is 0 Å². The SMILES string of the molecule is CCCOCCCNC(C)c1cnc2cc(C)nn2c1C. The Morgan fingerprint density at radius 1 is 1.33 bits per heavy atom. The first-order chi connectivity index (χ1) is 10.1. The van der Waals surface area contributed by atoms with Crippen LogP contribution in [0.5, 0.6) is 0 Å². The zero-order chi connectivity index (χ0) is 15.2. The summed E-state index contributed by atoms with van der Waals surface area (Å²) in [4.78, 5) is 4.49. The zero-order valence-corrected chi connectivity index (χ0v) is 13.5. The van der Waals surface area contributed by atoms with Gasteiger partial charge >= 0.3 is 0 Å². The maximum Gasteiger partial charge on any atom is 0.155 e. The molecule has 2 aromatic rings. The first-order valence-corrected chi connectivity index (χ1v) is 7.76. The van der Waals surface area contributed by atoms with Crippen LogP contribution in [0.3, 0.4) is 0 Å². The number of rotatable bonds is 8. The van der Waals surface area contributed by atoms with Gasteiger partial charge in [-0.3, -0.25) is 0 Å². The monoisotopic (exact) mass is 290 g/mol. The van der Waals surface area contributed by atoms with Gasteiger partial charge in [0.25, 0.3) is 0 Å². The standard InChI is InChI=1S/C16H26N4O/c1-5-8-21-9-6-7-17-13(3)15-11-18-16-10-12(2)19-20(16)14(15)4/h10-11,13,17H,5-9H2,1-4H3. The fourth-order valence-electron chi connectivity index (χ4n) is 2.45. The third kappa shape index (κ3) is 4.02. The van der Waals surface area contributed by atoms with E-state index in [0.717, 1.165) is 49.6 Å². The lowest BCUT2D eigenvalue weighted by Gasteiger charge is -2.16. The van der Waals surface area contributed by atoms with Crippen molar-refractivity contribution in [2.75, 3.05) is 19.8 Å². The first-order valence-electron chi connectivity index (χ1n) is 7.76. The molecular weight excluding hydrogens is 264 g/mol. The maximum absolute atomic E-state index is 5.49. The number of aryl methyl sites for hydroxylation is 2. The van der Waals surface area contributed by atoms with Crippen LogP contribution in [-0.4, -0.2) is 34.4 Å². The van der Waals surface area contributed by atoms with Crippen molar-refractivity contribution in [3.05, 3.63) is 29.2 Å². The Morgan fingerprint density at radius 3 is 2.90 bits per heavy atom. The molecule has 116 valence electrons. The van der Waals surface area contributed by atoms with Gasteiger partial charge in [-0.05, 0) is 40.2 Å². The second kappa shape index (κ2) is 7.52. The Kier molecular flexibility index (Phi) is 5.70.